The second-order valence-corrected chi connectivity index (χ2v) is 7.23. The number of amides is 2. The van der Waals surface area contributed by atoms with Gasteiger partial charge in [-0.15, -0.1) is 0 Å². The number of piperazine rings is 1. The molecule has 5 nitrogen and oxygen atoms in total. The summed E-state index contributed by atoms with van der Waals surface area (Å²) in [4.78, 5) is 16.7. The third kappa shape index (κ3) is 5.37. The highest BCUT2D eigenvalue weighted by Crippen LogP contribution is 2.20. The van der Waals surface area contributed by atoms with Crippen molar-refractivity contribution in [2.24, 2.45) is 0 Å². The van der Waals surface area contributed by atoms with Crippen molar-refractivity contribution in [3.63, 3.8) is 0 Å². The van der Waals surface area contributed by atoms with Crippen LogP contribution in [-0.4, -0.2) is 55.7 Å². The molecule has 6 heteroatoms. The van der Waals surface area contributed by atoms with Crippen molar-refractivity contribution in [3.8, 4) is 5.75 Å². The summed E-state index contributed by atoms with van der Waals surface area (Å²) in [6.07, 6.45) is 0.977. The summed E-state index contributed by atoms with van der Waals surface area (Å²) in [5.41, 5.74) is 3.00. The number of carbonyl (C=O) groups is 1. The molecule has 1 heterocycles. The molecule has 0 bridgehead atoms. The van der Waals surface area contributed by atoms with Crippen molar-refractivity contribution in [2.75, 3.05) is 45.2 Å². The lowest BCUT2D eigenvalue weighted by molar-refractivity contribution is 0.148. The zero-order valence-corrected chi connectivity index (χ0v) is 16.6. The molecule has 1 fully saturated rings. The molecular weight excluding hydrogens is 362 g/mol. The van der Waals surface area contributed by atoms with Gasteiger partial charge in [-0.05, 0) is 48.7 Å². The largest absolute Gasteiger partial charge is 0.497 e. The van der Waals surface area contributed by atoms with Gasteiger partial charge in [-0.2, -0.15) is 0 Å². The van der Waals surface area contributed by atoms with Crippen LogP contribution in [-0.2, 0) is 6.42 Å². The number of benzene rings is 2. The van der Waals surface area contributed by atoms with Gasteiger partial charge < -0.3 is 15.0 Å². The second-order valence-electron chi connectivity index (χ2n) is 6.82. The van der Waals surface area contributed by atoms with Crippen molar-refractivity contribution >= 4 is 23.3 Å². The van der Waals surface area contributed by atoms with E-state index in [4.69, 9.17) is 16.3 Å². The van der Waals surface area contributed by atoms with Crippen LogP contribution in [0.2, 0.25) is 5.02 Å². The number of hydrogen-bond donors (Lipinski definition) is 1. The first-order valence-corrected chi connectivity index (χ1v) is 9.60. The van der Waals surface area contributed by atoms with Crippen LogP contribution >= 0.6 is 11.6 Å². The minimum absolute atomic E-state index is 0.0673. The van der Waals surface area contributed by atoms with Gasteiger partial charge in [0.25, 0.3) is 0 Å². The summed E-state index contributed by atoms with van der Waals surface area (Å²) >= 11 is 6.13. The number of anilines is 1. The molecule has 0 aromatic heterocycles. The van der Waals surface area contributed by atoms with Gasteiger partial charge in [0, 0.05) is 43.4 Å². The smallest absolute Gasteiger partial charge is 0.321 e. The van der Waals surface area contributed by atoms with Crippen molar-refractivity contribution in [2.45, 2.75) is 13.3 Å². The second kappa shape index (κ2) is 9.11. The van der Waals surface area contributed by atoms with E-state index >= 15 is 0 Å². The molecule has 0 aliphatic carbocycles. The van der Waals surface area contributed by atoms with Crippen molar-refractivity contribution in [3.05, 3.63) is 58.6 Å². The van der Waals surface area contributed by atoms with E-state index in [0.29, 0.717) is 5.02 Å². The molecule has 144 valence electrons. The number of ether oxygens (including phenoxy) is 1. The minimum atomic E-state index is -0.0673. The predicted molar refractivity (Wildman–Crippen MR) is 110 cm³/mol. The maximum Gasteiger partial charge on any atom is 0.321 e. The predicted octanol–water partition coefficient (Wildman–Crippen LogP) is 4.05. The number of rotatable bonds is 5. The van der Waals surface area contributed by atoms with Crippen LogP contribution in [0.4, 0.5) is 10.5 Å². The van der Waals surface area contributed by atoms with Crippen LogP contribution in [0.25, 0.3) is 0 Å². The van der Waals surface area contributed by atoms with Gasteiger partial charge in [0.15, 0.2) is 0 Å². The van der Waals surface area contributed by atoms with Gasteiger partial charge >= 0.3 is 6.03 Å². The highest BCUT2D eigenvalue weighted by Gasteiger charge is 2.21. The zero-order chi connectivity index (χ0) is 19.2. The lowest BCUT2D eigenvalue weighted by atomic mass is 10.1. The molecule has 27 heavy (non-hydrogen) atoms. The first-order valence-electron chi connectivity index (χ1n) is 9.22. The maximum atomic E-state index is 12.5. The number of nitrogens with zero attached hydrogens (tertiary/aromatic N) is 2. The highest BCUT2D eigenvalue weighted by atomic mass is 35.5. The average Bonchev–Trinajstić information content (AvgIpc) is 2.69. The molecule has 0 spiro atoms. The molecule has 1 aliphatic rings. The van der Waals surface area contributed by atoms with Gasteiger partial charge in [0.05, 0.1) is 7.11 Å². The number of carbonyl (C=O) groups excluding carboxylic acids is 1. The highest BCUT2D eigenvalue weighted by molar-refractivity contribution is 6.31. The Bertz CT molecular complexity index is 789. The van der Waals surface area contributed by atoms with Crippen molar-refractivity contribution in [1.82, 2.24) is 9.80 Å². The van der Waals surface area contributed by atoms with Gasteiger partial charge in [-0.1, -0.05) is 29.8 Å². The zero-order valence-electron chi connectivity index (χ0n) is 15.9. The van der Waals surface area contributed by atoms with Gasteiger partial charge in [-0.3, -0.25) is 4.90 Å². The van der Waals surface area contributed by atoms with Gasteiger partial charge in [-0.25, -0.2) is 4.79 Å². The van der Waals surface area contributed by atoms with Crippen LogP contribution in [0, 0.1) is 6.92 Å². The number of urea groups is 1. The molecule has 2 aromatic carbocycles. The fourth-order valence-electron chi connectivity index (χ4n) is 3.16. The maximum absolute atomic E-state index is 12.5. The lowest BCUT2D eigenvalue weighted by Crippen LogP contribution is -2.50. The van der Waals surface area contributed by atoms with E-state index in [1.165, 1.54) is 5.56 Å². The Balaban J connectivity index is 1.45. The molecule has 3 rings (SSSR count). The van der Waals surface area contributed by atoms with E-state index in [2.05, 4.69) is 22.3 Å². The molecule has 1 aliphatic heterocycles. The topological polar surface area (TPSA) is 44.8 Å². The van der Waals surface area contributed by atoms with Gasteiger partial charge in [0.2, 0.25) is 0 Å². The van der Waals surface area contributed by atoms with Crippen LogP contribution in [0.15, 0.2) is 42.5 Å². The number of hydrogen-bond acceptors (Lipinski definition) is 3. The Kier molecular flexibility index (Phi) is 6.58. The first kappa shape index (κ1) is 19.5. The van der Waals surface area contributed by atoms with Crippen molar-refractivity contribution in [1.29, 1.82) is 0 Å². The molecule has 2 amide bonds. The fourth-order valence-corrected chi connectivity index (χ4v) is 3.34. The molecule has 0 saturated carbocycles. The Morgan fingerprint density at radius 1 is 1.15 bits per heavy atom. The number of nitrogens with one attached hydrogen (secondary N) is 1. The molecule has 0 radical (unpaired) electrons. The Morgan fingerprint density at radius 2 is 1.93 bits per heavy atom. The molecule has 0 atom stereocenters. The number of aryl methyl sites for hydroxylation is 1. The summed E-state index contributed by atoms with van der Waals surface area (Å²) in [5.74, 6) is 0.894. The van der Waals surface area contributed by atoms with E-state index in [-0.39, 0.29) is 6.03 Å². The summed E-state index contributed by atoms with van der Waals surface area (Å²) in [7, 11) is 1.69. The summed E-state index contributed by atoms with van der Waals surface area (Å²) in [5, 5.41) is 3.60. The van der Waals surface area contributed by atoms with E-state index < -0.39 is 0 Å². The third-order valence-corrected chi connectivity index (χ3v) is 5.34. The SMILES string of the molecule is COc1cccc(CCN2CCN(C(=O)Nc3ccc(C)c(Cl)c3)CC2)c1. The third-order valence-electron chi connectivity index (χ3n) is 4.93. The summed E-state index contributed by atoms with van der Waals surface area (Å²) in [6, 6.07) is 13.7. The molecular formula is C21H26ClN3O2. The monoisotopic (exact) mass is 387 g/mol. The van der Waals surface area contributed by atoms with Crippen LogP contribution in [0.5, 0.6) is 5.75 Å². The Morgan fingerprint density at radius 3 is 2.63 bits per heavy atom. The van der Waals surface area contributed by atoms with E-state index in [9.17, 15) is 4.79 Å². The molecule has 1 N–H and O–H groups in total. The standard InChI is InChI=1S/C21H26ClN3O2/c1-16-6-7-18(15-20(16)22)23-21(26)25-12-10-24(11-13-25)9-8-17-4-3-5-19(14-17)27-2/h3-7,14-15H,8-13H2,1-2H3,(H,23,26). The molecule has 1 saturated heterocycles. The van der Waals surface area contributed by atoms with E-state index in [0.717, 1.165) is 56.1 Å². The normalized spacial score (nSPS) is 14.9. The minimum Gasteiger partial charge on any atom is -0.497 e. The summed E-state index contributed by atoms with van der Waals surface area (Å²) < 4.78 is 5.28. The molecule has 2 aromatic rings. The van der Waals surface area contributed by atoms with Crippen molar-refractivity contribution < 1.29 is 9.53 Å². The number of methoxy groups -OCH3 is 1. The van der Waals surface area contributed by atoms with Gasteiger partial charge in [0.1, 0.15) is 5.75 Å². The first-order chi connectivity index (χ1) is 13.0. The fraction of sp³-hybridized carbons (Fsp3) is 0.381. The van der Waals surface area contributed by atoms with E-state index in [1.54, 1.807) is 13.2 Å². The quantitative estimate of drug-likeness (QED) is 0.841. The Hall–Kier alpha value is -2.24. The lowest BCUT2D eigenvalue weighted by Gasteiger charge is -2.34. The molecule has 0 unspecified atom stereocenters. The summed E-state index contributed by atoms with van der Waals surface area (Å²) in [6.45, 7) is 6.14. The number of halogens is 1. The van der Waals surface area contributed by atoms with Crippen LogP contribution in [0.1, 0.15) is 11.1 Å². The average molecular weight is 388 g/mol. The van der Waals surface area contributed by atoms with E-state index in [1.807, 2.05) is 36.1 Å². The van der Waals surface area contributed by atoms with Crippen LogP contribution < -0.4 is 10.1 Å². The van der Waals surface area contributed by atoms with Crippen LogP contribution in [0.3, 0.4) is 0 Å². The Labute approximate surface area is 165 Å².